The Morgan fingerprint density at radius 2 is 1.68 bits per heavy atom. The number of esters is 1. The number of hydrogen-bond acceptors (Lipinski definition) is 7. The van der Waals surface area contributed by atoms with Gasteiger partial charge in [-0.25, -0.2) is 9.59 Å². The van der Waals surface area contributed by atoms with Gasteiger partial charge in [-0.3, -0.25) is 4.79 Å². The van der Waals surface area contributed by atoms with Gasteiger partial charge in [-0.1, -0.05) is 12.1 Å². The predicted molar refractivity (Wildman–Crippen MR) is 133 cm³/mol. The Labute approximate surface area is 207 Å². The van der Waals surface area contributed by atoms with E-state index in [1.165, 1.54) is 16.7 Å². The quantitative estimate of drug-likeness (QED) is 0.543. The van der Waals surface area contributed by atoms with Gasteiger partial charge in [0.1, 0.15) is 29.0 Å². The van der Waals surface area contributed by atoms with Gasteiger partial charge < -0.3 is 24.4 Å². The second-order valence-electron chi connectivity index (χ2n) is 10.3. The molecule has 0 unspecified atom stereocenters. The number of nitrogens with zero attached hydrogens (tertiary/aromatic N) is 1. The highest BCUT2D eigenvalue weighted by Crippen LogP contribution is 2.24. The third-order valence-corrected chi connectivity index (χ3v) is 6.02. The molecule has 1 fully saturated rings. The summed E-state index contributed by atoms with van der Waals surface area (Å²) in [6, 6.07) is 6.20. The number of alkyl carbamates (subject to hydrolysis) is 1. The lowest BCUT2D eigenvalue weighted by Crippen LogP contribution is -2.54. The van der Waals surface area contributed by atoms with E-state index >= 15 is 0 Å². The van der Waals surface area contributed by atoms with Crippen molar-refractivity contribution in [3.8, 4) is 5.75 Å². The zero-order valence-corrected chi connectivity index (χ0v) is 22.1. The Kier molecular flexibility index (Phi) is 9.67. The first-order valence-corrected chi connectivity index (χ1v) is 12.7. The number of hydrogen-bond donors (Lipinski definition) is 1. The van der Waals surface area contributed by atoms with Gasteiger partial charge in [0.2, 0.25) is 5.91 Å². The van der Waals surface area contributed by atoms with Gasteiger partial charge >= 0.3 is 12.1 Å². The van der Waals surface area contributed by atoms with E-state index in [1.54, 1.807) is 48.7 Å². The summed E-state index contributed by atoms with van der Waals surface area (Å²) in [5.74, 6) is 1.04. The maximum atomic E-state index is 13.5. The summed E-state index contributed by atoms with van der Waals surface area (Å²) in [6.07, 6.45) is 0.580. The van der Waals surface area contributed by atoms with Crippen LogP contribution in [-0.2, 0) is 24.8 Å². The van der Waals surface area contributed by atoms with Gasteiger partial charge in [0.05, 0.1) is 7.11 Å². The maximum absolute atomic E-state index is 13.5. The van der Waals surface area contributed by atoms with Crippen molar-refractivity contribution in [3.63, 3.8) is 0 Å². The lowest BCUT2D eigenvalue weighted by Gasteiger charge is -2.30. The van der Waals surface area contributed by atoms with Crippen LogP contribution in [0.15, 0.2) is 24.3 Å². The predicted octanol–water partition coefficient (Wildman–Crippen LogP) is 4.15. The van der Waals surface area contributed by atoms with Gasteiger partial charge in [-0.15, -0.1) is 0 Å². The number of amides is 2. The van der Waals surface area contributed by atoms with Gasteiger partial charge in [-0.2, -0.15) is 11.8 Å². The number of benzene rings is 1. The van der Waals surface area contributed by atoms with Crippen molar-refractivity contribution in [2.24, 2.45) is 0 Å². The molecule has 2 amide bonds. The topological polar surface area (TPSA) is 94.2 Å². The third kappa shape index (κ3) is 9.08. The fourth-order valence-corrected chi connectivity index (χ4v) is 4.49. The van der Waals surface area contributed by atoms with Crippen molar-refractivity contribution < 1.29 is 28.6 Å². The molecule has 0 aliphatic carbocycles. The molecule has 9 heteroatoms. The second-order valence-corrected chi connectivity index (χ2v) is 11.3. The highest BCUT2D eigenvalue weighted by Gasteiger charge is 2.40. The van der Waals surface area contributed by atoms with E-state index in [0.29, 0.717) is 30.9 Å². The fourth-order valence-electron chi connectivity index (χ4n) is 3.49. The molecule has 1 aromatic carbocycles. The van der Waals surface area contributed by atoms with E-state index in [0.717, 1.165) is 11.3 Å². The molecule has 1 saturated heterocycles. The number of thioether (sulfide) groups is 1. The summed E-state index contributed by atoms with van der Waals surface area (Å²) in [6.45, 7) is 11.1. The SMILES string of the molecule is COc1ccc(CSC[C@H](NC(=O)OC(C)(C)C)C(=O)N2CCC[C@H]2C(=O)OC(C)(C)C)cc1. The van der Waals surface area contributed by atoms with Crippen LogP contribution in [-0.4, -0.2) is 65.6 Å². The van der Waals surface area contributed by atoms with Gasteiger partial charge in [0.25, 0.3) is 0 Å². The molecule has 2 atom stereocenters. The van der Waals surface area contributed by atoms with E-state index in [1.807, 2.05) is 24.3 Å². The molecule has 1 aliphatic heterocycles. The average Bonchev–Trinajstić information content (AvgIpc) is 3.20. The molecular formula is C25H38N2O6S. The van der Waals surface area contributed by atoms with Crippen LogP contribution >= 0.6 is 11.8 Å². The first-order valence-electron chi connectivity index (χ1n) is 11.5. The van der Waals surface area contributed by atoms with E-state index in [9.17, 15) is 14.4 Å². The molecule has 0 radical (unpaired) electrons. The van der Waals surface area contributed by atoms with Gasteiger partial charge in [0, 0.05) is 18.1 Å². The zero-order chi connectivity index (χ0) is 25.5. The molecule has 1 heterocycles. The summed E-state index contributed by atoms with van der Waals surface area (Å²) in [7, 11) is 1.62. The molecule has 190 valence electrons. The molecule has 1 aliphatic rings. The Morgan fingerprint density at radius 1 is 1.06 bits per heavy atom. The number of ether oxygens (including phenoxy) is 3. The van der Waals surface area contributed by atoms with Crippen LogP contribution in [0, 0.1) is 0 Å². The number of likely N-dealkylation sites (tertiary alicyclic amines) is 1. The minimum atomic E-state index is -0.832. The first-order chi connectivity index (χ1) is 15.8. The third-order valence-electron chi connectivity index (χ3n) is 4.92. The number of methoxy groups -OCH3 is 1. The highest BCUT2D eigenvalue weighted by atomic mass is 32.2. The number of rotatable bonds is 8. The molecule has 1 aromatic rings. The van der Waals surface area contributed by atoms with E-state index < -0.39 is 35.3 Å². The van der Waals surface area contributed by atoms with Crippen LogP contribution in [0.1, 0.15) is 59.9 Å². The van der Waals surface area contributed by atoms with Crippen molar-refractivity contribution in [3.05, 3.63) is 29.8 Å². The van der Waals surface area contributed by atoms with Crippen LogP contribution in [0.25, 0.3) is 0 Å². The summed E-state index contributed by atoms with van der Waals surface area (Å²) in [5, 5.41) is 2.72. The van der Waals surface area contributed by atoms with Crippen LogP contribution < -0.4 is 10.1 Å². The van der Waals surface area contributed by atoms with Crippen LogP contribution in [0.2, 0.25) is 0 Å². The van der Waals surface area contributed by atoms with E-state index in [4.69, 9.17) is 14.2 Å². The minimum Gasteiger partial charge on any atom is -0.497 e. The Hall–Kier alpha value is -2.42. The summed E-state index contributed by atoms with van der Waals surface area (Å²) >= 11 is 1.52. The molecule has 1 N–H and O–H groups in total. The van der Waals surface area contributed by atoms with E-state index in [2.05, 4.69) is 5.32 Å². The molecule has 0 bridgehead atoms. The van der Waals surface area contributed by atoms with Crippen LogP contribution in [0.3, 0.4) is 0 Å². The Balaban J connectivity index is 2.10. The lowest BCUT2D eigenvalue weighted by molar-refractivity contribution is -0.163. The normalized spacial score (nSPS) is 17.1. The van der Waals surface area contributed by atoms with Gasteiger partial charge in [-0.05, 0) is 72.1 Å². The monoisotopic (exact) mass is 494 g/mol. The number of carbonyl (C=O) groups is 3. The molecule has 0 saturated carbocycles. The van der Waals surface area contributed by atoms with Crippen molar-refractivity contribution in [2.75, 3.05) is 19.4 Å². The second kappa shape index (κ2) is 11.8. The standard InChI is InChI=1S/C25H38N2O6S/c1-24(2,3)32-22(29)20-9-8-14-27(20)21(28)19(26-23(30)33-25(4,5)6)16-34-15-17-10-12-18(31-7)13-11-17/h10-13,19-20H,8-9,14-16H2,1-7H3,(H,26,30)/t19-,20-/m0/s1. The first kappa shape index (κ1) is 27.8. The average molecular weight is 495 g/mol. The molecule has 0 spiro atoms. The lowest BCUT2D eigenvalue weighted by atomic mass is 10.1. The van der Waals surface area contributed by atoms with Crippen LogP contribution in [0.4, 0.5) is 4.79 Å². The van der Waals surface area contributed by atoms with E-state index in [-0.39, 0.29) is 5.91 Å². The van der Waals surface area contributed by atoms with Crippen LogP contribution in [0.5, 0.6) is 5.75 Å². The summed E-state index contributed by atoms with van der Waals surface area (Å²) in [4.78, 5) is 40.2. The maximum Gasteiger partial charge on any atom is 0.408 e. The number of nitrogens with one attached hydrogen (secondary N) is 1. The Bertz CT molecular complexity index is 844. The Morgan fingerprint density at radius 3 is 2.24 bits per heavy atom. The smallest absolute Gasteiger partial charge is 0.408 e. The zero-order valence-electron chi connectivity index (χ0n) is 21.3. The molecular weight excluding hydrogens is 456 g/mol. The highest BCUT2D eigenvalue weighted by molar-refractivity contribution is 7.98. The van der Waals surface area contributed by atoms with Gasteiger partial charge in [0.15, 0.2) is 0 Å². The van der Waals surface area contributed by atoms with Crippen molar-refractivity contribution in [1.82, 2.24) is 10.2 Å². The van der Waals surface area contributed by atoms with Crippen molar-refractivity contribution >= 4 is 29.7 Å². The van der Waals surface area contributed by atoms with Crippen molar-refractivity contribution in [2.45, 2.75) is 83.4 Å². The molecule has 8 nitrogen and oxygen atoms in total. The molecule has 2 rings (SSSR count). The van der Waals surface area contributed by atoms with Crippen molar-refractivity contribution in [1.29, 1.82) is 0 Å². The minimum absolute atomic E-state index is 0.304. The fraction of sp³-hybridized carbons (Fsp3) is 0.640. The number of carbonyl (C=O) groups excluding carboxylic acids is 3. The molecule has 0 aromatic heterocycles. The summed E-state index contributed by atoms with van der Waals surface area (Å²) in [5.41, 5.74) is -0.265. The molecule has 34 heavy (non-hydrogen) atoms. The summed E-state index contributed by atoms with van der Waals surface area (Å²) < 4.78 is 16.1. The largest absolute Gasteiger partial charge is 0.497 e.